The number of aromatic nitrogens is 2. The highest BCUT2D eigenvalue weighted by molar-refractivity contribution is 5.91. The third-order valence-corrected chi connectivity index (χ3v) is 3.07. The molecule has 6 heteroatoms. The number of nitrogens with zero attached hydrogens (tertiary/aromatic N) is 1. The minimum absolute atomic E-state index is 0.123. The third-order valence-electron chi connectivity index (χ3n) is 3.07. The molecule has 0 spiro atoms. The number of hydrogen-bond acceptors (Lipinski definition) is 4. The number of para-hydroxylation sites is 1. The molecule has 0 aliphatic carbocycles. The number of anilines is 1. The molecule has 0 radical (unpaired) electrons. The SMILES string of the molecule is CCCCc1cnc(=O)[nH]c1NC(=O)COc1ccccc1. The zero-order valence-corrected chi connectivity index (χ0v) is 12.5. The molecular formula is C16H19N3O3. The van der Waals surface area contributed by atoms with Crippen LogP contribution in [0.15, 0.2) is 41.3 Å². The lowest BCUT2D eigenvalue weighted by molar-refractivity contribution is -0.118. The van der Waals surface area contributed by atoms with Crippen molar-refractivity contribution in [3.05, 3.63) is 52.6 Å². The topological polar surface area (TPSA) is 84.1 Å². The minimum atomic E-state index is -0.487. The first kappa shape index (κ1) is 15.8. The molecule has 2 N–H and O–H groups in total. The summed E-state index contributed by atoms with van der Waals surface area (Å²) in [7, 11) is 0. The van der Waals surface area contributed by atoms with Crippen LogP contribution in [0.2, 0.25) is 0 Å². The Hall–Kier alpha value is -2.63. The lowest BCUT2D eigenvalue weighted by Gasteiger charge is -2.10. The number of aromatic amines is 1. The molecule has 0 unspecified atom stereocenters. The molecule has 0 saturated heterocycles. The molecule has 0 atom stereocenters. The zero-order chi connectivity index (χ0) is 15.8. The molecule has 0 saturated carbocycles. The van der Waals surface area contributed by atoms with Crippen LogP contribution in [0.3, 0.4) is 0 Å². The molecule has 1 amide bonds. The average Bonchev–Trinajstić information content (AvgIpc) is 2.53. The molecular weight excluding hydrogens is 282 g/mol. The molecule has 2 aromatic rings. The van der Waals surface area contributed by atoms with Crippen molar-refractivity contribution in [3.8, 4) is 5.75 Å². The van der Waals surface area contributed by atoms with Gasteiger partial charge in [-0.25, -0.2) is 9.78 Å². The van der Waals surface area contributed by atoms with Crippen molar-refractivity contribution >= 4 is 11.7 Å². The van der Waals surface area contributed by atoms with Gasteiger partial charge in [-0.15, -0.1) is 0 Å². The zero-order valence-electron chi connectivity index (χ0n) is 12.5. The summed E-state index contributed by atoms with van der Waals surface area (Å²) in [6.45, 7) is 1.95. The molecule has 0 fully saturated rings. The van der Waals surface area contributed by atoms with E-state index < -0.39 is 5.69 Å². The first-order valence-electron chi connectivity index (χ1n) is 7.25. The van der Waals surface area contributed by atoms with Crippen LogP contribution in [0, 0.1) is 0 Å². The number of carbonyl (C=O) groups excluding carboxylic acids is 1. The Morgan fingerprint density at radius 1 is 1.32 bits per heavy atom. The van der Waals surface area contributed by atoms with Crippen molar-refractivity contribution in [2.75, 3.05) is 11.9 Å². The van der Waals surface area contributed by atoms with Crippen LogP contribution in [-0.2, 0) is 11.2 Å². The summed E-state index contributed by atoms with van der Waals surface area (Å²) in [5, 5.41) is 2.67. The van der Waals surface area contributed by atoms with Gasteiger partial charge in [0.2, 0.25) is 0 Å². The molecule has 2 rings (SSSR count). The van der Waals surface area contributed by atoms with Crippen molar-refractivity contribution in [2.45, 2.75) is 26.2 Å². The standard InChI is InChI=1S/C16H19N3O3/c1-2-3-7-12-10-17-16(21)19-15(12)18-14(20)11-22-13-8-5-4-6-9-13/h4-6,8-10H,2-3,7,11H2,1H3,(H2,17,18,19,20,21). The van der Waals surface area contributed by atoms with Crippen LogP contribution in [-0.4, -0.2) is 22.5 Å². The van der Waals surface area contributed by atoms with E-state index in [1.54, 1.807) is 12.1 Å². The van der Waals surface area contributed by atoms with E-state index in [-0.39, 0.29) is 12.5 Å². The summed E-state index contributed by atoms with van der Waals surface area (Å²) in [6, 6.07) is 9.07. The Morgan fingerprint density at radius 3 is 2.82 bits per heavy atom. The number of benzene rings is 1. The summed E-state index contributed by atoms with van der Waals surface area (Å²) in [5.41, 5.74) is 0.328. The van der Waals surface area contributed by atoms with Crippen molar-refractivity contribution in [1.82, 2.24) is 9.97 Å². The summed E-state index contributed by atoms with van der Waals surface area (Å²) in [6.07, 6.45) is 4.22. The first-order valence-corrected chi connectivity index (χ1v) is 7.25. The van der Waals surface area contributed by atoms with Gasteiger partial charge in [0.1, 0.15) is 11.6 Å². The number of hydrogen-bond donors (Lipinski definition) is 2. The summed E-state index contributed by atoms with van der Waals surface area (Å²) in [5.74, 6) is 0.686. The Labute approximate surface area is 128 Å². The van der Waals surface area contributed by atoms with E-state index in [9.17, 15) is 9.59 Å². The molecule has 1 heterocycles. The highest BCUT2D eigenvalue weighted by atomic mass is 16.5. The van der Waals surface area contributed by atoms with E-state index in [1.807, 2.05) is 18.2 Å². The first-order chi connectivity index (χ1) is 10.7. The number of rotatable bonds is 7. The van der Waals surface area contributed by atoms with Gasteiger partial charge in [0, 0.05) is 11.8 Å². The lowest BCUT2D eigenvalue weighted by Crippen LogP contribution is -2.24. The van der Waals surface area contributed by atoms with Crippen LogP contribution in [0.25, 0.3) is 0 Å². The van der Waals surface area contributed by atoms with Crippen LogP contribution >= 0.6 is 0 Å². The number of ether oxygens (including phenoxy) is 1. The second kappa shape index (κ2) is 7.97. The number of nitrogens with one attached hydrogen (secondary N) is 2. The number of carbonyl (C=O) groups is 1. The molecule has 116 valence electrons. The third kappa shape index (κ3) is 4.73. The van der Waals surface area contributed by atoms with Crippen LogP contribution in [0.5, 0.6) is 5.75 Å². The molecule has 6 nitrogen and oxygen atoms in total. The highest BCUT2D eigenvalue weighted by Gasteiger charge is 2.09. The van der Waals surface area contributed by atoms with Gasteiger partial charge in [0.15, 0.2) is 6.61 Å². The quantitative estimate of drug-likeness (QED) is 0.820. The fourth-order valence-corrected chi connectivity index (χ4v) is 1.93. The second-order valence-corrected chi connectivity index (χ2v) is 4.84. The van der Waals surface area contributed by atoms with Crippen molar-refractivity contribution in [2.24, 2.45) is 0 Å². The van der Waals surface area contributed by atoms with Gasteiger partial charge in [-0.05, 0) is 25.0 Å². The maximum atomic E-state index is 11.9. The Morgan fingerprint density at radius 2 is 2.09 bits per heavy atom. The van der Waals surface area contributed by atoms with Gasteiger partial charge in [-0.3, -0.25) is 9.78 Å². The number of amides is 1. The van der Waals surface area contributed by atoms with E-state index in [4.69, 9.17) is 4.74 Å². The normalized spacial score (nSPS) is 10.2. The lowest BCUT2D eigenvalue weighted by atomic mass is 10.1. The van der Waals surface area contributed by atoms with E-state index in [0.29, 0.717) is 11.6 Å². The summed E-state index contributed by atoms with van der Waals surface area (Å²) < 4.78 is 5.37. The molecule has 0 aliphatic heterocycles. The number of unbranched alkanes of at least 4 members (excludes halogenated alkanes) is 1. The highest BCUT2D eigenvalue weighted by Crippen LogP contribution is 2.13. The van der Waals surface area contributed by atoms with Gasteiger partial charge in [0.25, 0.3) is 5.91 Å². The van der Waals surface area contributed by atoms with Gasteiger partial charge >= 0.3 is 5.69 Å². The monoisotopic (exact) mass is 301 g/mol. The molecule has 0 aliphatic rings. The van der Waals surface area contributed by atoms with E-state index in [0.717, 1.165) is 24.8 Å². The predicted molar refractivity (Wildman–Crippen MR) is 84.0 cm³/mol. The molecule has 1 aromatic heterocycles. The fraction of sp³-hybridized carbons (Fsp3) is 0.312. The Balaban J connectivity index is 1.98. The Bertz CT molecular complexity index is 668. The van der Waals surface area contributed by atoms with Gasteiger partial charge in [0.05, 0.1) is 0 Å². The smallest absolute Gasteiger partial charge is 0.346 e. The summed E-state index contributed by atoms with van der Waals surface area (Å²) >= 11 is 0. The van der Waals surface area contributed by atoms with E-state index in [1.165, 1.54) is 6.20 Å². The largest absolute Gasteiger partial charge is 0.484 e. The van der Waals surface area contributed by atoms with E-state index >= 15 is 0 Å². The van der Waals surface area contributed by atoms with Crippen LogP contribution in [0.4, 0.5) is 5.82 Å². The fourth-order valence-electron chi connectivity index (χ4n) is 1.93. The maximum Gasteiger partial charge on any atom is 0.346 e. The average molecular weight is 301 g/mol. The van der Waals surface area contributed by atoms with Crippen molar-refractivity contribution in [3.63, 3.8) is 0 Å². The van der Waals surface area contributed by atoms with Crippen LogP contribution in [0.1, 0.15) is 25.3 Å². The van der Waals surface area contributed by atoms with Crippen molar-refractivity contribution < 1.29 is 9.53 Å². The molecule has 22 heavy (non-hydrogen) atoms. The van der Waals surface area contributed by atoms with Crippen molar-refractivity contribution in [1.29, 1.82) is 0 Å². The number of aryl methyl sites for hydroxylation is 1. The predicted octanol–water partition coefficient (Wildman–Crippen LogP) is 2.13. The van der Waals surface area contributed by atoms with Gasteiger partial charge < -0.3 is 10.1 Å². The maximum absolute atomic E-state index is 11.9. The van der Waals surface area contributed by atoms with Gasteiger partial charge in [-0.1, -0.05) is 31.5 Å². The van der Waals surface area contributed by atoms with E-state index in [2.05, 4.69) is 22.2 Å². The minimum Gasteiger partial charge on any atom is -0.484 e. The number of H-pyrrole nitrogens is 1. The second-order valence-electron chi connectivity index (χ2n) is 4.84. The Kier molecular flexibility index (Phi) is 5.71. The van der Waals surface area contributed by atoms with Crippen LogP contribution < -0.4 is 15.7 Å². The summed E-state index contributed by atoms with van der Waals surface area (Å²) in [4.78, 5) is 29.5. The van der Waals surface area contributed by atoms with Gasteiger partial charge in [-0.2, -0.15) is 0 Å². The molecule has 1 aromatic carbocycles. The molecule has 0 bridgehead atoms.